The molecule has 31 heavy (non-hydrogen) atoms. The van der Waals surface area contributed by atoms with Crippen molar-refractivity contribution in [3.8, 4) is 0 Å². The molecule has 4 rings (SSSR count). The summed E-state index contributed by atoms with van der Waals surface area (Å²) < 4.78 is 28.4. The van der Waals surface area contributed by atoms with E-state index in [0.29, 0.717) is 25.2 Å². The smallest absolute Gasteiger partial charge is 0.254 e. The molecule has 0 spiro atoms. The average molecular weight is 462 g/mol. The molecule has 2 aliphatic heterocycles. The van der Waals surface area contributed by atoms with Crippen LogP contribution in [0.2, 0.25) is 0 Å². The molecule has 0 radical (unpaired) electrons. The number of nitrogens with zero attached hydrogens (tertiary/aromatic N) is 3. The monoisotopic (exact) mass is 461 g/mol. The third-order valence-electron chi connectivity index (χ3n) is 6.23. The molecule has 6 nitrogen and oxygen atoms in total. The van der Waals surface area contributed by atoms with E-state index in [1.165, 1.54) is 5.56 Å². The minimum Gasteiger partial charge on any atom is -0.366 e. The number of sulfonamides is 1. The molecular formula is C23H31N3O3S2. The van der Waals surface area contributed by atoms with Gasteiger partial charge in [-0.2, -0.15) is 4.31 Å². The van der Waals surface area contributed by atoms with Crippen LogP contribution in [-0.4, -0.2) is 62.3 Å². The predicted octanol–water partition coefficient (Wildman–Crippen LogP) is 3.97. The number of aryl methyl sites for hydroxylation is 1. The molecular weight excluding hydrogens is 430 g/mol. The van der Waals surface area contributed by atoms with Crippen LogP contribution in [0.25, 0.3) is 0 Å². The number of thiophene rings is 1. The van der Waals surface area contributed by atoms with Crippen molar-refractivity contribution in [1.82, 2.24) is 9.21 Å². The van der Waals surface area contributed by atoms with Crippen molar-refractivity contribution in [3.63, 3.8) is 0 Å². The van der Waals surface area contributed by atoms with E-state index < -0.39 is 10.0 Å². The number of hydrogen-bond acceptors (Lipinski definition) is 5. The van der Waals surface area contributed by atoms with Crippen molar-refractivity contribution in [1.29, 1.82) is 0 Å². The summed E-state index contributed by atoms with van der Waals surface area (Å²) in [5.74, 6) is -0.0442. The zero-order valence-corrected chi connectivity index (χ0v) is 19.9. The first kappa shape index (κ1) is 22.3. The lowest BCUT2D eigenvalue weighted by molar-refractivity contribution is 0.0762. The first-order valence-electron chi connectivity index (χ1n) is 11.1. The van der Waals surface area contributed by atoms with Crippen LogP contribution in [0.4, 0.5) is 5.69 Å². The number of amides is 1. The third kappa shape index (κ3) is 4.81. The molecule has 1 aromatic carbocycles. The van der Waals surface area contributed by atoms with E-state index in [1.807, 2.05) is 11.0 Å². The average Bonchev–Trinajstić information content (AvgIpc) is 3.10. The normalized spacial score (nSPS) is 21.2. The molecule has 2 aliphatic rings. The quantitative estimate of drug-likeness (QED) is 0.691. The number of hydrogen-bond donors (Lipinski definition) is 0. The van der Waals surface area contributed by atoms with Crippen LogP contribution in [0.5, 0.6) is 0 Å². The van der Waals surface area contributed by atoms with E-state index in [1.54, 1.807) is 15.8 Å². The molecule has 2 aromatic rings. The van der Waals surface area contributed by atoms with Crippen LogP contribution in [0.3, 0.4) is 0 Å². The van der Waals surface area contributed by atoms with Crippen LogP contribution in [0.1, 0.15) is 48.5 Å². The molecule has 2 saturated heterocycles. The van der Waals surface area contributed by atoms with Crippen LogP contribution in [0, 0.1) is 6.92 Å². The first-order chi connectivity index (χ1) is 14.9. The number of carbonyl (C=O) groups excluding carboxylic acids is 1. The lowest BCUT2D eigenvalue weighted by Gasteiger charge is -2.40. The lowest BCUT2D eigenvalue weighted by atomic mass is 10.1. The van der Waals surface area contributed by atoms with E-state index in [4.69, 9.17) is 0 Å². The van der Waals surface area contributed by atoms with Gasteiger partial charge >= 0.3 is 0 Å². The van der Waals surface area contributed by atoms with E-state index in [2.05, 4.69) is 36.9 Å². The van der Waals surface area contributed by atoms with Crippen LogP contribution >= 0.6 is 11.3 Å². The fourth-order valence-corrected chi connectivity index (χ4v) is 7.30. The van der Waals surface area contributed by atoms with Gasteiger partial charge in [0.1, 0.15) is 4.21 Å². The second-order valence-electron chi connectivity index (χ2n) is 8.61. The van der Waals surface area contributed by atoms with Gasteiger partial charge in [-0.3, -0.25) is 4.79 Å². The SMILES string of the molecule is Cc1cccc(N2CCN(S(=O)(=O)c3cc(C(=O)N4CCCCCC4)cs3)C[C@@H]2C)c1. The van der Waals surface area contributed by atoms with Crippen molar-refractivity contribution in [3.05, 3.63) is 46.8 Å². The molecule has 0 bridgehead atoms. The highest BCUT2D eigenvalue weighted by Gasteiger charge is 2.34. The van der Waals surface area contributed by atoms with Crippen LogP contribution < -0.4 is 4.90 Å². The summed E-state index contributed by atoms with van der Waals surface area (Å²) in [5, 5.41) is 1.70. The molecule has 1 amide bonds. The van der Waals surface area contributed by atoms with Gasteiger partial charge in [0.15, 0.2) is 0 Å². The van der Waals surface area contributed by atoms with Crippen molar-refractivity contribution >= 4 is 33.0 Å². The van der Waals surface area contributed by atoms with E-state index in [9.17, 15) is 13.2 Å². The minimum atomic E-state index is -3.60. The Morgan fingerprint density at radius 1 is 1.03 bits per heavy atom. The largest absolute Gasteiger partial charge is 0.366 e. The Morgan fingerprint density at radius 3 is 2.45 bits per heavy atom. The van der Waals surface area contributed by atoms with E-state index in [0.717, 1.165) is 55.8 Å². The van der Waals surface area contributed by atoms with Gasteiger partial charge in [0, 0.05) is 49.8 Å². The maximum Gasteiger partial charge on any atom is 0.254 e. The van der Waals surface area contributed by atoms with E-state index >= 15 is 0 Å². The van der Waals surface area contributed by atoms with Crippen molar-refractivity contribution in [2.45, 2.75) is 49.8 Å². The predicted molar refractivity (Wildman–Crippen MR) is 125 cm³/mol. The summed E-state index contributed by atoms with van der Waals surface area (Å²) in [6, 6.07) is 9.97. The number of benzene rings is 1. The van der Waals surface area contributed by atoms with Gasteiger partial charge in [0.2, 0.25) is 0 Å². The minimum absolute atomic E-state index is 0.0442. The van der Waals surface area contributed by atoms with Gasteiger partial charge in [0.05, 0.1) is 5.56 Å². The summed E-state index contributed by atoms with van der Waals surface area (Å²) in [6.45, 7) is 7.17. The highest BCUT2D eigenvalue weighted by molar-refractivity contribution is 7.91. The molecule has 1 atom stereocenters. The molecule has 168 valence electrons. The third-order valence-corrected chi connectivity index (χ3v) is 9.51. The van der Waals surface area contributed by atoms with Gasteiger partial charge in [0.25, 0.3) is 15.9 Å². The van der Waals surface area contributed by atoms with Crippen LogP contribution in [-0.2, 0) is 10.0 Å². The Balaban J connectivity index is 1.46. The van der Waals surface area contributed by atoms with Gasteiger partial charge in [-0.25, -0.2) is 8.42 Å². The number of likely N-dealkylation sites (tertiary alicyclic amines) is 1. The molecule has 3 heterocycles. The molecule has 0 saturated carbocycles. The van der Waals surface area contributed by atoms with E-state index in [-0.39, 0.29) is 16.2 Å². The standard InChI is InChI=1S/C23H31N3O3S2/c1-18-8-7-9-21(14-18)26-13-12-25(16-19(26)2)31(28,29)22-15-20(17-30-22)23(27)24-10-5-3-4-6-11-24/h7-9,14-15,17,19H,3-6,10-13,16H2,1-2H3/t19-/m0/s1. The van der Waals surface area contributed by atoms with Crippen LogP contribution in [0.15, 0.2) is 39.9 Å². The summed E-state index contributed by atoms with van der Waals surface area (Å²) in [7, 11) is -3.60. The first-order valence-corrected chi connectivity index (χ1v) is 13.4. The highest BCUT2D eigenvalue weighted by atomic mass is 32.2. The van der Waals surface area contributed by atoms with Crippen molar-refractivity contribution < 1.29 is 13.2 Å². The molecule has 0 N–H and O–H groups in total. The number of anilines is 1. The van der Waals surface area contributed by atoms with Gasteiger partial charge in [-0.1, -0.05) is 25.0 Å². The Kier molecular flexibility index (Phi) is 6.69. The lowest BCUT2D eigenvalue weighted by Crippen LogP contribution is -2.53. The number of rotatable bonds is 4. The maximum absolute atomic E-state index is 13.3. The number of carbonyl (C=O) groups is 1. The Hall–Kier alpha value is -1.90. The topological polar surface area (TPSA) is 60.9 Å². The molecule has 1 aromatic heterocycles. The molecule has 8 heteroatoms. The highest BCUT2D eigenvalue weighted by Crippen LogP contribution is 2.29. The van der Waals surface area contributed by atoms with Crippen molar-refractivity contribution in [2.75, 3.05) is 37.6 Å². The summed E-state index contributed by atoms with van der Waals surface area (Å²) in [5.41, 5.74) is 2.82. The van der Waals surface area contributed by atoms with Gasteiger partial charge < -0.3 is 9.80 Å². The van der Waals surface area contributed by atoms with Gasteiger partial charge in [-0.05, 0) is 50.5 Å². The summed E-state index contributed by atoms with van der Waals surface area (Å²) in [6.07, 6.45) is 4.34. The second kappa shape index (κ2) is 9.30. The second-order valence-corrected chi connectivity index (χ2v) is 11.7. The summed E-state index contributed by atoms with van der Waals surface area (Å²) in [4.78, 5) is 17.0. The molecule has 2 fully saturated rings. The van der Waals surface area contributed by atoms with Crippen molar-refractivity contribution in [2.24, 2.45) is 0 Å². The fourth-order valence-electron chi connectivity index (χ4n) is 4.48. The maximum atomic E-state index is 13.3. The zero-order valence-electron chi connectivity index (χ0n) is 18.3. The van der Waals surface area contributed by atoms with Gasteiger partial charge in [-0.15, -0.1) is 11.3 Å². The Bertz CT molecular complexity index is 1030. The molecule has 0 aliphatic carbocycles. The Labute approximate surface area is 189 Å². The summed E-state index contributed by atoms with van der Waals surface area (Å²) >= 11 is 1.16. The fraction of sp³-hybridized carbons (Fsp3) is 0.522. The number of piperazine rings is 1. The molecule has 0 unspecified atom stereocenters. The Morgan fingerprint density at radius 2 is 1.77 bits per heavy atom. The zero-order chi connectivity index (χ0) is 22.0.